The van der Waals surface area contributed by atoms with Crippen LogP contribution < -0.4 is 0 Å². The average molecular weight is 402 g/mol. The van der Waals surface area contributed by atoms with Crippen molar-refractivity contribution in [1.82, 2.24) is 4.98 Å². The van der Waals surface area contributed by atoms with Crippen LogP contribution in [-0.2, 0) is 21.1 Å². The molecule has 0 unspecified atom stereocenters. The number of carbonyl (C=O) groups is 1. The maximum Gasteiger partial charge on any atom is 0.178 e. The van der Waals surface area contributed by atoms with Crippen LogP contribution in [0.2, 0.25) is 0 Å². The SMILES string of the molecule is CCS(=O)(=O)c1ccc(CC(=O)[C@H](C#N)c2nc3cc(F)ccc3s2)cc1. The summed E-state index contributed by atoms with van der Waals surface area (Å²) in [5, 5.41) is 9.76. The van der Waals surface area contributed by atoms with Crippen molar-refractivity contribution in [3.63, 3.8) is 0 Å². The molecule has 0 amide bonds. The van der Waals surface area contributed by atoms with Crippen LogP contribution in [0.3, 0.4) is 0 Å². The number of fused-ring (bicyclic) bond motifs is 1. The lowest BCUT2D eigenvalue weighted by Gasteiger charge is -2.06. The fourth-order valence-electron chi connectivity index (χ4n) is 2.59. The molecule has 0 aliphatic heterocycles. The molecule has 1 heterocycles. The lowest BCUT2D eigenvalue weighted by molar-refractivity contribution is -0.118. The summed E-state index contributed by atoms with van der Waals surface area (Å²) in [4.78, 5) is 17.0. The van der Waals surface area contributed by atoms with Gasteiger partial charge < -0.3 is 0 Å². The van der Waals surface area contributed by atoms with E-state index in [1.54, 1.807) is 25.1 Å². The molecule has 3 rings (SSSR count). The number of nitrogens with zero attached hydrogens (tertiary/aromatic N) is 2. The van der Waals surface area contributed by atoms with E-state index in [0.29, 0.717) is 20.8 Å². The van der Waals surface area contributed by atoms with Gasteiger partial charge in [-0.3, -0.25) is 4.79 Å². The summed E-state index contributed by atoms with van der Waals surface area (Å²) >= 11 is 1.19. The first kappa shape index (κ1) is 19.1. The second kappa shape index (κ2) is 7.55. The standard InChI is InChI=1S/C19H15FN2O3S2/c1-2-27(24,25)14-6-3-12(4-7-14)9-17(23)15(11-21)19-22-16-10-13(20)5-8-18(16)26-19/h3-8,10,15H,2,9H2,1H3/t15-/m0/s1. The van der Waals surface area contributed by atoms with Crippen molar-refractivity contribution in [3.05, 3.63) is 58.9 Å². The Morgan fingerprint density at radius 2 is 1.96 bits per heavy atom. The summed E-state index contributed by atoms with van der Waals surface area (Å²) in [5.41, 5.74) is 1.03. The van der Waals surface area contributed by atoms with Crippen molar-refractivity contribution in [2.45, 2.75) is 24.2 Å². The van der Waals surface area contributed by atoms with Gasteiger partial charge in [0.1, 0.15) is 10.8 Å². The van der Waals surface area contributed by atoms with Crippen molar-refractivity contribution in [2.24, 2.45) is 0 Å². The minimum atomic E-state index is -3.30. The summed E-state index contributed by atoms with van der Waals surface area (Å²) in [5.74, 6) is -1.83. The number of carbonyl (C=O) groups excluding carboxylic acids is 1. The number of hydrogen-bond donors (Lipinski definition) is 0. The van der Waals surface area contributed by atoms with Gasteiger partial charge in [0.2, 0.25) is 0 Å². The highest BCUT2D eigenvalue weighted by Gasteiger charge is 2.24. The van der Waals surface area contributed by atoms with E-state index in [4.69, 9.17) is 0 Å². The predicted octanol–water partition coefficient (Wildman–Crippen LogP) is 3.65. The van der Waals surface area contributed by atoms with Crippen molar-refractivity contribution in [1.29, 1.82) is 5.26 Å². The molecule has 0 N–H and O–H groups in total. The number of ketones is 1. The van der Waals surface area contributed by atoms with Crippen LogP contribution >= 0.6 is 11.3 Å². The molecule has 138 valence electrons. The molecule has 0 saturated carbocycles. The minimum absolute atomic E-state index is 0.0000153. The van der Waals surface area contributed by atoms with E-state index in [2.05, 4.69) is 4.98 Å². The van der Waals surface area contributed by atoms with Crippen molar-refractivity contribution >= 4 is 37.2 Å². The maximum atomic E-state index is 13.3. The quantitative estimate of drug-likeness (QED) is 0.628. The van der Waals surface area contributed by atoms with Gasteiger partial charge in [0.25, 0.3) is 0 Å². The van der Waals surface area contributed by atoms with Gasteiger partial charge in [0.05, 0.1) is 26.9 Å². The highest BCUT2D eigenvalue weighted by atomic mass is 32.2. The molecule has 27 heavy (non-hydrogen) atoms. The first-order chi connectivity index (χ1) is 12.8. The smallest absolute Gasteiger partial charge is 0.178 e. The minimum Gasteiger partial charge on any atom is -0.297 e. The third kappa shape index (κ3) is 4.04. The molecule has 1 atom stereocenters. The molecule has 2 aromatic carbocycles. The van der Waals surface area contributed by atoms with E-state index in [1.165, 1.54) is 35.6 Å². The van der Waals surface area contributed by atoms with Crippen LogP contribution in [0.1, 0.15) is 23.4 Å². The summed E-state index contributed by atoms with van der Waals surface area (Å²) in [7, 11) is -3.30. The summed E-state index contributed by atoms with van der Waals surface area (Å²) in [6, 6.07) is 12.2. The molecule has 5 nitrogen and oxygen atoms in total. The first-order valence-corrected chi connectivity index (χ1v) is 10.6. The summed E-state index contributed by atoms with van der Waals surface area (Å²) < 4.78 is 37.7. The molecule has 3 aromatic rings. The monoisotopic (exact) mass is 402 g/mol. The van der Waals surface area contributed by atoms with Gasteiger partial charge in [-0.25, -0.2) is 17.8 Å². The topological polar surface area (TPSA) is 87.9 Å². The van der Waals surface area contributed by atoms with Crippen LogP contribution in [-0.4, -0.2) is 24.9 Å². The van der Waals surface area contributed by atoms with Crippen molar-refractivity contribution in [3.8, 4) is 6.07 Å². The zero-order valence-corrected chi connectivity index (χ0v) is 16.0. The Labute approximate surface area is 160 Å². The third-order valence-electron chi connectivity index (χ3n) is 4.11. The zero-order valence-electron chi connectivity index (χ0n) is 14.3. The number of halogens is 1. The van der Waals surface area contributed by atoms with Crippen molar-refractivity contribution in [2.75, 3.05) is 5.75 Å². The molecule has 0 aliphatic rings. The fraction of sp³-hybridized carbons (Fsp3) is 0.211. The lowest BCUT2D eigenvalue weighted by atomic mass is 9.99. The van der Waals surface area contributed by atoms with E-state index in [-0.39, 0.29) is 22.9 Å². The molecule has 0 radical (unpaired) electrons. The van der Waals surface area contributed by atoms with Gasteiger partial charge in [-0.05, 0) is 29.8 Å². The van der Waals surface area contributed by atoms with Gasteiger partial charge in [-0.15, -0.1) is 11.3 Å². The molecule has 0 spiro atoms. The largest absolute Gasteiger partial charge is 0.297 e. The second-order valence-corrected chi connectivity index (χ2v) is 9.26. The van der Waals surface area contributed by atoms with Gasteiger partial charge >= 0.3 is 0 Å². The highest BCUT2D eigenvalue weighted by Crippen LogP contribution is 2.29. The van der Waals surface area contributed by atoms with E-state index in [1.807, 2.05) is 6.07 Å². The van der Waals surface area contributed by atoms with E-state index < -0.39 is 21.6 Å². The molecular formula is C19H15FN2O3S2. The van der Waals surface area contributed by atoms with E-state index in [0.717, 1.165) is 0 Å². The van der Waals surface area contributed by atoms with Gasteiger partial charge in [-0.1, -0.05) is 19.1 Å². The Morgan fingerprint density at radius 1 is 1.26 bits per heavy atom. The fourth-order valence-corrected chi connectivity index (χ4v) is 4.49. The van der Waals surface area contributed by atoms with Crippen molar-refractivity contribution < 1.29 is 17.6 Å². The second-order valence-electron chi connectivity index (χ2n) is 5.92. The Morgan fingerprint density at radius 3 is 2.59 bits per heavy atom. The average Bonchev–Trinajstić information content (AvgIpc) is 3.05. The number of hydrogen-bond acceptors (Lipinski definition) is 6. The number of benzene rings is 2. The third-order valence-corrected chi connectivity index (χ3v) is 6.96. The van der Waals surface area contributed by atoms with E-state index in [9.17, 15) is 22.9 Å². The summed E-state index contributed by atoms with van der Waals surface area (Å²) in [6.07, 6.45) is -0.0189. The number of nitriles is 1. The number of rotatable bonds is 6. The molecule has 8 heteroatoms. The normalized spacial score (nSPS) is 12.6. The predicted molar refractivity (Wildman–Crippen MR) is 101 cm³/mol. The van der Waals surface area contributed by atoms with Crippen LogP contribution in [0.5, 0.6) is 0 Å². The Bertz CT molecular complexity index is 1150. The Hall–Kier alpha value is -2.63. The number of sulfone groups is 1. The number of thiazole rings is 1. The van der Waals surface area contributed by atoms with Gasteiger partial charge in [0, 0.05) is 12.5 Å². The van der Waals surface area contributed by atoms with Gasteiger partial charge in [0.15, 0.2) is 21.5 Å². The van der Waals surface area contributed by atoms with Crippen LogP contribution in [0, 0.1) is 17.1 Å². The van der Waals surface area contributed by atoms with Crippen LogP contribution in [0.15, 0.2) is 47.4 Å². The number of Topliss-reactive ketones (excluding diaryl/α,β-unsaturated/α-hetero) is 1. The highest BCUT2D eigenvalue weighted by molar-refractivity contribution is 7.91. The first-order valence-electron chi connectivity index (χ1n) is 8.14. The lowest BCUT2D eigenvalue weighted by Crippen LogP contribution is -2.13. The van der Waals surface area contributed by atoms with Crippen LogP contribution in [0.4, 0.5) is 4.39 Å². The Balaban J connectivity index is 1.82. The summed E-state index contributed by atoms with van der Waals surface area (Å²) in [6.45, 7) is 1.56. The van der Waals surface area contributed by atoms with E-state index >= 15 is 0 Å². The molecule has 0 fully saturated rings. The molecular weight excluding hydrogens is 387 g/mol. The van der Waals surface area contributed by atoms with Gasteiger partial charge in [-0.2, -0.15) is 5.26 Å². The number of aromatic nitrogens is 1. The maximum absolute atomic E-state index is 13.3. The molecule has 1 aromatic heterocycles. The van der Waals surface area contributed by atoms with Crippen LogP contribution in [0.25, 0.3) is 10.2 Å². The molecule has 0 bridgehead atoms. The Kier molecular flexibility index (Phi) is 5.35. The molecule has 0 aliphatic carbocycles. The molecule has 0 saturated heterocycles. The zero-order chi connectivity index (χ0) is 19.6.